The minimum Gasteiger partial charge on any atom is -0.492 e. The molecule has 0 atom stereocenters. The molecule has 0 bridgehead atoms. The number of anilines is 1. The lowest BCUT2D eigenvalue weighted by atomic mass is 10.3. The second-order valence-corrected chi connectivity index (χ2v) is 6.73. The Morgan fingerprint density at radius 3 is 2.62 bits per heavy atom. The number of halogens is 3. The maximum absolute atomic E-state index is 12.1. The first kappa shape index (κ1) is 17.9. The van der Waals surface area contributed by atoms with Gasteiger partial charge in [-0.2, -0.15) is 13.2 Å². The molecule has 0 aliphatic rings. The highest BCUT2D eigenvalue weighted by Crippen LogP contribution is 2.30. The van der Waals surface area contributed by atoms with Crippen molar-refractivity contribution < 1.29 is 26.3 Å². The van der Waals surface area contributed by atoms with E-state index in [1.807, 2.05) is 0 Å². The number of nitrogens with one attached hydrogen (secondary N) is 1. The van der Waals surface area contributed by atoms with Crippen LogP contribution in [0.4, 0.5) is 18.9 Å². The van der Waals surface area contributed by atoms with Crippen LogP contribution in [0.25, 0.3) is 0 Å². The number of ether oxygens (including phenoxy) is 1. The molecule has 0 amide bonds. The highest BCUT2D eigenvalue weighted by Gasteiger charge is 2.28. The SMILES string of the molecule is CCOc1ccc(N)cc1S(=O)(=O)NCCSC(F)(F)F. The summed E-state index contributed by atoms with van der Waals surface area (Å²) in [6, 6.07) is 4.08. The molecule has 0 unspecified atom stereocenters. The molecule has 0 aromatic heterocycles. The average molecular weight is 344 g/mol. The van der Waals surface area contributed by atoms with Crippen molar-refractivity contribution in [1.82, 2.24) is 4.72 Å². The predicted octanol–water partition coefficient (Wildman–Crippen LogP) is 2.20. The van der Waals surface area contributed by atoms with E-state index in [1.54, 1.807) is 6.92 Å². The molecular formula is C11H15F3N2O3S2. The second kappa shape index (κ2) is 7.23. The highest BCUT2D eigenvalue weighted by atomic mass is 32.2. The summed E-state index contributed by atoms with van der Waals surface area (Å²) in [5.74, 6) is -0.322. The van der Waals surface area contributed by atoms with Crippen LogP contribution in [-0.2, 0) is 10.0 Å². The van der Waals surface area contributed by atoms with Crippen molar-refractivity contribution >= 4 is 27.5 Å². The number of nitrogen functional groups attached to an aromatic ring is 1. The second-order valence-electron chi connectivity index (χ2n) is 3.83. The van der Waals surface area contributed by atoms with E-state index in [0.29, 0.717) is 0 Å². The molecule has 0 aliphatic carbocycles. The Hall–Kier alpha value is -1.13. The van der Waals surface area contributed by atoms with E-state index in [-0.39, 0.29) is 41.2 Å². The van der Waals surface area contributed by atoms with E-state index in [4.69, 9.17) is 10.5 Å². The van der Waals surface area contributed by atoms with Gasteiger partial charge in [-0.25, -0.2) is 13.1 Å². The number of alkyl halides is 3. The van der Waals surface area contributed by atoms with Crippen molar-refractivity contribution in [3.8, 4) is 5.75 Å². The molecule has 1 rings (SSSR count). The zero-order valence-corrected chi connectivity index (χ0v) is 12.7. The fraction of sp³-hybridized carbons (Fsp3) is 0.455. The molecule has 21 heavy (non-hydrogen) atoms. The topological polar surface area (TPSA) is 81.4 Å². The molecule has 1 aromatic rings. The van der Waals surface area contributed by atoms with E-state index < -0.39 is 21.3 Å². The van der Waals surface area contributed by atoms with Gasteiger partial charge in [-0.3, -0.25) is 0 Å². The first-order valence-electron chi connectivity index (χ1n) is 5.88. The fourth-order valence-corrected chi connectivity index (χ4v) is 3.20. The highest BCUT2D eigenvalue weighted by molar-refractivity contribution is 8.00. The smallest absolute Gasteiger partial charge is 0.441 e. The van der Waals surface area contributed by atoms with Gasteiger partial charge in [0, 0.05) is 18.0 Å². The minimum absolute atomic E-state index is 0.0997. The number of hydrogen-bond donors (Lipinski definition) is 2. The summed E-state index contributed by atoms with van der Waals surface area (Å²) in [5.41, 5.74) is 1.35. The van der Waals surface area contributed by atoms with Gasteiger partial charge in [-0.15, -0.1) is 0 Å². The Morgan fingerprint density at radius 1 is 1.38 bits per heavy atom. The number of rotatable bonds is 7. The summed E-state index contributed by atoms with van der Waals surface area (Å²) in [5, 5.41) is 0. The summed E-state index contributed by atoms with van der Waals surface area (Å²) < 4.78 is 67.3. The zero-order chi connectivity index (χ0) is 16.1. The predicted molar refractivity (Wildman–Crippen MR) is 75.7 cm³/mol. The maximum Gasteiger partial charge on any atom is 0.441 e. The van der Waals surface area contributed by atoms with Crippen LogP contribution in [0.15, 0.2) is 23.1 Å². The van der Waals surface area contributed by atoms with Gasteiger partial charge in [-0.1, -0.05) is 0 Å². The van der Waals surface area contributed by atoms with Crippen LogP contribution in [0.1, 0.15) is 6.92 Å². The Labute approximate surface area is 125 Å². The molecule has 0 fully saturated rings. The standard InChI is InChI=1S/C11H15F3N2O3S2/c1-2-19-9-4-3-8(15)7-10(9)21(17,18)16-5-6-20-11(12,13)14/h3-4,7,16H,2,5-6,15H2,1H3. The van der Waals surface area contributed by atoms with E-state index in [1.165, 1.54) is 18.2 Å². The van der Waals surface area contributed by atoms with E-state index in [2.05, 4.69) is 4.72 Å². The lowest BCUT2D eigenvalue weighted by Gasteiger charge is -2.12. The van der Waals surface area contributed by atoms with Gasteiger partial charge in [0.2, 0.25) is 10.0 Å². The molecule has 0 aliphatic heterocycles. The Morgan fingerprint density at radius 2 is 2.05 bits per heavy atom. The van der Waals surface area contributed by atoms with Crippen molar-refractivity contribution in [2.24, 2.45) is 0 Å². The first-order chi connectivity index (χ1) is 9.65. The number of hydrogen-bond acceptors (Lipinski definition) is 5. The molecule has 0 heterocycles. The lowest BCUT2D eigenvalue weighted by molar-refractivity contribution is -0.0327. The molecule has 0 radical (unpaired) electrons. The van der Waals surface area contributed by atoms with E-state index in [9.17, 15) is 21.6 Å². The molecule has 0 spiro atoms. The van der Waals surface area contributed by atoms with Crippen LogP contribution >= 0.6 is 11.8 Å². The van der Waals surface area contributed by atoms with Gasteiger partial charge in [0.25, 0.3) is 0 Å². The fourth-order valence-electron chi connectivity index (χ4n) is 1.43. The molecule has 0 saturated heterocycles. The third kappa shape index (κ3) is 6.02. The Bertz CT molecular complexity index is 577. The molecule has 10 heteroatoms. The molecule has 1 aromatic carbocycles. The number of nitrogens with two attached hydrogens (primary N) is 1. The van der Waals surface area contributed by atoms with Gasteiger partial charge in [-0.05, 0) is 36.9 Å². The normalized spacial score (nSPS) is 12.4. The minimum atomic E-state index is -4.39. The van der Waals surface area contributed by atoms with Crippen LogP contribution in [-0.4, -0.2) is 32.8 Å². The summed E-state index contributed by atoms with van der Waals surface area (Å²) >= 11 is -0.296. The van der Waals surface area contributed by atoms with Crippen molar-refractivity contribution in [3.63, 3.8) is 0 Å². The molecule has 120 valence electrons. The average Bonchev–Trinajstić information content (AvgIpc) is 2.36. The Kier molecular flexibility index (Phi) is 6.17. The third-order valence-corrected chi connectivity index (χ3v) is 4.43. The van der Waals surface area contributed by atoms with Crippen LogP contribution in [0, 0.1) is 0 Å². The maximum atomic E-state index is 12.1. The van der Waals surface area contributed by atoms with Crippen LogP contribution in [0.3, 0.4) is 0 Å². The van der Waals surface area contributed by atoms with Crippen LogP contribution < -0.4 is 15.2 Å². The van der Waals surface area contributed by atoms with Gasteiger partial charge in [0.1, 0.15) is 10.6 Å². The van der Waals surface area contributed by atoms with E-state index >= 15 is 0 Å². The van der Waals surface area contributed by atoms with Crippen molar-refractivity contribution in [2.75, 3.05) is 24.6 Å². The quantitative estimate of drug-likeness (QED) is 0.585. The van der Waals surface area contributed by atoms with Gasteiger partial charge in [0.05, 0.1) is 6.61 Å². The first-order valence-corrected chi connectivity index (χ1v) is 8.35. The summed E-state index contributed by atoms with van der Waals surface area (Å²) in [7, 11) is -3.99. The largest absolute Gasteiger partial charge is 0.492 e. The van der Waals surface area contributed by atoms with Crippen molar-refractivity contribution in [1.29, 1.82) is 0 Å². The zero-order valence-electron chi connectivity index (χ0n) is 11.1. The van der Waals surface area contributed by atoms with Crippen LogP contribution in [0.2, 0.25) is 0 Å². The molecule has 0 saturated carbocycles. The Balaban J connectivity index is 2.80. The monoisotopic (exact) mass is 344 g/mol. The lowest BCUT2D eigenvalue weighted by Crippen LogP contribution is -2.27. The van der Waals surface area contributed by atoms with Gasteiger partial charge >= 0.3 is 5.51 Å². The van der Waals surface area contributed by atoms with Crippen molar-refractivity contribution in [2.45, 2.75) is 17.3 Å². The number of benzene rings is 1. The number of sulfonamides is 1. The molecular weight excluding hydrogens is 329 g/mol. The summed E-state index contributed by atoms with van der Waals surface area (Å²) in [4.78, 5) is -0.193. The molecule has 5 nitrogen and oxygen atoms in total. The molecule has 3 N–H and O–H groups in total. The van der Waals surface area contributed by atoms with Crippen molar-refractivity contribution in [3.05, 3.63) is 18.2 Å². The van der Waals surface area contributed by atoms with E-state index in [0.717, 1.165) is 0 Å². The number of thioether (sulfide) groups is 1. The van der Waals surface area contributed by atoms with Gasteiger partial charge < -0.3 is 10.5 Å². The van der Waals surface area contributed by atoms with Crippen LogP contribution in [0.5, 0.6) is 5.75 Å². The van der Waals surface area contributed by atoms with Gasteiger partial charge in [0.15, 0.2) is 0 Å². The summed E-state index contributed by atoms with van der Waals surface area (Å²) in [6.07, 6.45) is 0. The third-order valence-electron chi connectivity index (χ3n) is 2.22. The summed E-state index contributed by atoms with van der Waals surface area (Å²) in [6.45, 7) is 1.57.